The molecule has 0 saturated carbocycles. The van der Waals surface area contributed by atoms with Gasteiger partial charge in [-0.25, -0.2) is 8.42 Å². The number of anilines is 1. The Labute approximate surface area is 179 Å². The van der Waals surface area contributed by atoms with Gasteiger partial charge in [-0.2, -0.15) is 0 Å². The van der Waals surface area contributed by atoms with Gasteiger partial charge in [0, 0.05) is 24.2 Å². The van der Waals surface area contributed by atoms with Crippen LogP contribution >= 0.6 is 0 Å². The molecule has 0 atom stereocenters. The van der Waals surface area contributed by atoms with E-state index >= 15 is 0 Å². The number of ether oxygens (including phenoxy) is 3. The third-order valence-corrected chi connectivity index (χ3v) is 5.42. The summed E-state index contributed by atoms with van der Waals surface area (Å²) in [6.07, 6.45) is 0.913. The van der Waals surface area contributed by atoms with Gasteiger partial charge in [0.1, 0.15) is 6.54 Å². The maximum atomic E-state index is 12.5. The second kappa shape index (κ2) is 9.98. The molecule has 0 aliphatic carbocycles. The summed E-state index contributed by atoms with van der Waals surface area (Å²) in [6, 6.07) is 8.36. The van der Waals surface area contributed by atoms with Gasteiger partial charge in [0.25, 0.3) is 5.69 Å². The molecular formula is C19H23N3O8S. The second-order valence-corrected chi connectivity index (χ2v) is 8.22. The molecule has 0 spiro atoms. The van der Waals surface area contributed by atoms with E-state index in [9.17, 15) is 23.3 Å². The van der Waals surface area contributed by atoms with Crippen LogP contribution in [0.2, 0.25) is 0 Å². The Hall–Kier alpha value is -3.54. The number of carbonyl (C=O) groups is 1. The van der Waals surface area contributed by atoms with Gasteiger partial charge >= 0.3 is 0 Å². The predicted molar refractivity (Wildman–Crippen MR) is 113 cm³/mol. The Balaban J connectivity index is 2.22. The highest BCUT2D eigenvalue weighted by molar-refractivity contribution is 7.92. The summed E-state index contributed by atoms with van der Waals surface area (Å²) in [6.45, 7) is -0.537. The first-order valence-electron chi connectivity index (χ1n) is 8.89. The molecule has 0 aliphatic heterocycles. The highest BCUT2D eigenvalue weighted by Crippen LogP contribution is 2.39. The fourth-order valence-corrected chi connectivity index (χ4v) is 3.69. The standard InChI is InChI=1S/C19H23N3O8S/c1-28-16-9-8-13(18(29-2)19(16)30-3)11-20-17(23)12-21(31(4,26)27)14-6-5-7-15(10-14)22(24)25/h5-10H,11-12H2,1-4H3,(H,20,23). The van der Waals surface area contributed by atoms with Crippen molar-refractivity contribution >= 4 is 27.3 Å². The second-order valence-electron chi connectivity index (χ2n) is 6.32. The fourth-order valence-electron chi connectivity index (χ4n) is 2.84. The zero-order valence-electron chi connectivity index (χ0n) is 17.4. The molecule has 2 rings (SSSR count). The van der Waals surface area contributed by atoms with Crippen molar-refractivity contribution in [3.63, 3.8) is 0 Å². The minimum atomic E-state index is -3.88. The number of rotatable bonds is 10. The maximum absolute atomic E-state index is 12.5. The van der Waals surface area contributed by atoms with Crippen molar-refractivity contribution in [3.05, 3.63) is 52.1 Å². The lowest BCUT2D eigenvalue weighted by Gasteiger charge is -2.22. The lowest BCUT2D eigenvalue weighted by Crippen LogP contribution is -2.40. The summed E-state index contributed by atoms with van der Waals surface area (Å²) < 4.78 is 41.1. The fraction of sp³-hybridized carbons (Fsp3) is 0.316. The predicted octanol–water partition coefficient (Wildman–Crippen LogP) is 1.70. The van der Waals surface area contributed by atoms with E-state index in [1.807, 2.05) is 0 Å². The van der Waals surface area contributed by atoms with Gasteiger partial charge in [0.15, 0.2) is 11.5 Å². The first-order chi connectivity index (χ1) is 14.6. The number of sulfonamides is 1. The molecule has 0 bridgehead atoms. The number of nitrogens with one attached hydrogen (secondary N) is 1. The van der Waals surface area contributed by atoms with Crippen LogP contribution in [0, 0.1) is 10.1 Å². The van der Waals surface area contributed by atoms with Gasteiger partial charge < -0.3 is 19.5 Å². The summed E-state index contributed by atoms with van der Waals surface area (Å²) in [7, 11) is 0.487. The number of nitro groups is 1. The van der Waals surface area contributed by atoms with Gasteiger partial charge in [-0.1, -0.05) is 6.07 Å². The van der Waals surface area contributed by atoms with Crippen molar-refractivity contribution in [3.8, 4) is 17.2 Å². The van der Waals surface area contributed by atoms with E-state index in [1.165, 1.54) is 39.5 Å². The number of amides is 1. The van der Waals surface area contributed by atoms with Crippen molar-refractivity contribution in [1.82, 2.24) is 5.32 Å². The van der Waals surface area contributed by atoms with Crippen LogP contribution in [0.1, 0.15) is 5.56 Å². The van der Waals surface area contributed by atoms with Crippen molar-refractivity contribution in [2.24, 2.45) is 0 Å². The summed E-state index contributed by atoms with van der Waals surface area (Å²) in [5.41, 5.74) is 0.298. The van der Waals surface area contributed by atoms with E-state index in [0.29, 0.717) is 22.8 Å². The summed E-state index contributed by atoms with van der Waals surface area (Å²) >= 11 is 0. The number of hydrogen-bond acceptors (Lipinski definition) is 8. The topological polar surface area (TPSA) is 137 Å². The van der Waals surface area contributed by atoms with Gasteiger partial charge in [-0.3, -0.25) is 19.2 Å². The number of methoxy groups -OCH3 is 3. The Morgan fingerprint density at radius 1 is 1.10 bits per heavy atom. The smallest absolute Gasteiger partial charge is 0.271 e. The number of nitro benzene ring substituents is 1. The first-order valence-corrected chi connectivity index (χ1v) is 10.7. The highest BCUT2D eigenvalue weighted by atomic mass is 32.2. The van der Waals surface area contributed by atoms with Gasteiger partial charge in [-0.15, -0.1) is 0 Å². The molecule has 2 aromatic carbocycles. The lowest BCUT2D eigenvalue weighted by atomic mass is 10.1. The van der Waals surface area contributed by atoms with Crippen molar-refractivity contribution < 1.29 is 32.3 Å². The van der Waals surface area contributed by atoms with Gasteiger partial charge in [-0.05, 0) is 18.2 Å². The quantitative estimate of drug-likeness (QED) is 0.424. The average molecular weight is 453 g/mol. The molecular weight excluding hydrogens is 430 g/mol. The molecule has 31 heavy (non-hydrogen) atoms. The summed E-state index contributed by atoms with van der Waals surface area (Å²) in [5.74, 6) is 0.545. The molecule has 0 aromatic heterocycles. The van der Waals surface area contributed by atoms with Crippen LogP contribution in [0.25, 0.3) is 0 Å². The van der Waals surface area contributed by atoms with Crippen molar-refractivity contribution in [2.75, 3.05) is 38.4 Å². The highest BCUT2D eigenvalue weighted by Gasteiger charge is 2.23. The number of carbonyl (C=O) groups excluding carboxylic acids is 1. The van der Waals surface area contributed by atoms with Crippen LogP contribution in [0.3, 0.4) is 0 Å². The summed E-state index contributed by atoms with van der Waals surface area (Å²) in [5, 5.41) is 13.6. The molecule has 1 amide bonds. The van der Waals surface area contributed by atoms with E-state index in [4.69, 9.17) is 14.2 Å². The Morgan fingerprint density at radius 2 is 1.77 bits per heavy atom. The third kappa shape index (κ3) is 5.75. The SMILES string of the molecule is COc1ccc(CNC(=O)CN(c2cccc([N+](=O)[O-])c2)S(C)(=O)=O)c(OC)c1OC. The summed E-state index contributed by atoms with van der Waals surface area (Å²) in [4.78, 5) is 22.8. The maximum Gasteiger partial charge on any atom is 0.271 e. The molecule has 2 aromatic rings. The van der Waals surface area contributed by atoms with E-state index in [0.717, 1.165) is 16.6 Å². The molecule has 0 unspecified atom stereocenters. The zero-order chi connectivity index (χ0) is 23.2. The average Bonchev–Trinajstić information content (AvgIpc) is 2.74. The molecule has 11 nitrogen and oxygen atoms in total. The molecule has 0 fully saturated rings. The van der Waals surface area contributed by atoms with Gasteiger partial charge in [0.05, 0.1) is 38.2 Å². The Morgan fingerprint density at radius 3 is 2.32 bits per heavy atom. The Kier molecular flexibility index (Phi) is 7.64. The van der Waals surface area contributed by atoms with Crippen LogP contribution < -0.4 is 23.8 Å². The molecule has 0 aliphatic rings. The molecule has 0 heterocycles. The van der Waals surface area contributed by atoms with E-state index in [2.05, 4.69) is 5.32 Å². The number of non-ortho nitro benzene ring substituents is 1. The Bertz CT molecular complexity index is 1070. The normalized spacial score (nSPS) is 10.8. The lowest BCUT2D eigenvalue weighted by molar-refractivity contribution is -0.384. The molecule has 0 saturated heterocycles. The minimum Gasteiger partial charge on any atom is -0.493 e. The largest absolute Gasteiger partial charge is 0.493 e. The van der Waals surface area contributed by atoms with E-state index in [-0.39, 0.29) is 17.9 Å². The molecule has 1 N–H and O–H groups in total. The molecule has 12 heteroatoms. The molecule has 168 valence electrons. The van der Waals surface area contributed by atoms with Crippen LogP contribution in [-0.4, -0.2) is 53.4 Å². The van der Waals surface area contributed by atoms with E-state index < -0.39 is 27.4 Å². The van der Waals surface area contributed by atoms with Crippen molar-refractivity contribution in [2.45, 2.75) is 6.54 Å². The van der Waals surface area contributed by atoms with Crippen molar-refractivity contribution in [1.29, 1.82) is 0 Å². The van der Waals surface area contributed by atoms with Crippen LogP contribution in [0.5, 0.6) is 17.2 Å². The monoisotopic (exact) mass is 453 g/mol. The number of hydrogen-bond donors (Lipinski definition) is 1. The third-order valence-electron chi connectivity index (χ3n) is 4.28. The van der Waals surface area contributed by atoms with Crippen LogP contribution in [0.4, 0.5) is 11.4 Å². The first kappa shape index (κ1) is 23.7. The van der Waals surface area contributed by atoms with Crippen LogP contribution in [0.15, 0.2) is 36.4 Å². The van der Waals surface area contributed by atoms with Crippen LogP contribution in [-0.2, 0) is 21.4 Å². The van der Waals surface area contributed by atoms with E-state index in [1.54, 1.807) is 12.1 Å². The number of nitrogens with zero attached hydrogens (tertiary/aromatic N) is 2. The molecule has 0 radical (unpaired) electrons. The minimum absolute atomic E-state index is 0.00977. The number of benzene rings is 2. The zero-order valence-corrected chi connectivity index (χ0v) is 18.3. The van der Waals surface area contributed by atoms with Gasteiger partial charge in [0.2, 0.25) is 21.7 Å².